The van der Waals surface area contributed by atoms with Crippen molar-refractivity contribution in [3.8, 4) is 0 Å². The van der Waals surface area contributed by atoms with Gasteiger partial charge in [0.2, 0.25) is 0 Å². The normalized spacial score (nSPS) is 13.8. The first-order valence-corrected chi connectivity index (χ1v) is 8.99. The third kappa shape index (κ3) is 3.22. The van der Waals surface area contributed by atoms with Crippen molar-refractivity contribution in [1.29, 1.82) is 0 Å². The Hall–Kier alpha value is -2.68. The lowest BCUT2D eigenvalue weighted by Crippen LogP contribution is -2.34. The second-order valence-electron chi connectivity index (χ2n) is 6.93. The first-order valence-electron chi connectivity index (χ1n) is 8.99. The van der Waals surface area contributed by atoms with Gasteiger partial charge in [0.15, 0.2) is 0 Å². The largest absolute Gasteiger partial charge is 0.360 e. The zero-order valence-electron chi connectivity index (χ0n) is 14.8. The van der Waals surface area contributed by atoms with E-state index in [0.717, 1.165) is 30.5 Å². The van der Waals surface area contributed by atoms with Crippen LogP contribution in [-0.4, -0.2) is 6.54 Å². The second kappa shape index (κ2) is 6.91. The minimum atomic E-state index is -0.249. The molecule has 0 saturated carbocycles. The fourth-order valence-electron chi connectivity index (χ4n) is 3.87. The summed E-state index contributed by atoms with van der Waals surface area (Å²) in [5.41, 5.74) is 5.81. The van der Waals surface area contributed by atoms with Gasteiger partial charge in [-0.2, -0.15) is 0 Å². The summed E-state index contributed by atoms with van der Waals surface area (Å²) in [4.78, 5) is 2.36. The van der Waals surface area contributed by atoms with E-state index in [9.17, 15) is 8.78 Å². The topological polar surface area (TPSA) is 3.24 Å². The van der Waals surface area contributed by atoms with E-state index < -0.39 is 0 Å². The molecule has 0 bridgehead atoms. The lowest BCUT2D eigenvalue weighted by atomic mass is 9.92. The van der Waals surface area contributed by atoms with Gasteiger partial charge in [-0.25, -0.2) is 8.78 Å². The van der Waals surface area contributed by atoms with Crippen LogP contribution >= 0.6 is 0 Å². The van der Waals surface area contributed by atoms with Crippen LogP contribution in [0.1, 0.15) is 34.7 Å². The number of nitrogens with zero attached hydrogens (tertiary/aromatic N) is 1. The molecule has 1 heterocycles. The van der Waals surface area contributed by atoms with Crippen LogP contribution in [0.4, 0.5) is 14.5 Å². The maximum absolute atomic E-state index is 13.5. The van der Waals surface area contributed by atoms with Gasteiger partial charge in [-0.15, -0.1) is 0 Å². The number of aryl methyl sites for hydroxylation is 2. The van der Waals surface area contributed by atoms with Gasteiger partial charge in [0, 0.05) is 12.2 Å². The van der Waals surface area contributed by atoms with E-state index in [0.29, 0.717) is 0 Å². The van der Waals surface area contributed by atoms with E-state index in [1.165, 1.54) is 41.1 Å². The molecule has 0 fully saturated rings. The summed E-state index contributed by atoms with van der Waals surface area (Å²) in [6.07, 6.45) is 2.13. The van der Waals surface area contributed by atoms with Crippen molar-refractivity contribution >= 4 is 5.69 Å². The number of fused-ring (bicyclic) bond motifs is 1. The van der Waals surface area contributed by atoms with Crippen LogP contribution in [0.25, 0.3) is 0 Å². The van der Waals surface area contributed by atoms with Crippen molar-refractivity contribution in [1.82, 2.24) is 0 Å². The highest BCUT2D eigenvalue weighted by molar-refractivity contribution is 5.60. The number of benzene rings is 3. The quantitative estimate of drug-likeness (QED) is 0.576. The van der Waals surface area contributed by atoms with Crippen LogP contribution in [0.5, 0.6) is 0 Å². The SMILES string of the molecule is Cc1ccc2c(c1)CCCN2C(c1ccc(F)cc1)c1ccc(F)cc1. The third-order valence-corrected chi connectivity index (χ3v) is 5.07. The molecule has 0 saturated heterocycles. The number of anilines is 1. The number of hydrogen-bond acceptors (Lipinski definition) is 1. The molecule has 132 valence electrons. The van der Waals surface area contributed by atoms with Crippen molar-refractivity contribution < 1.29 is 8.78 Å². The highest BCUT2D eigenvalue weighted by Gasteiger charge is 2.27. The molecule has 1 aliphatic heterocycles. The Morgan fingerprint density at radius 2 is 1.38 bits per heavy atom. The highest BCUT2D eigenvalue weighted by atomic mass is 19.1. The number of rotatable bonds is 3. The minimum absolute atomic E-state index is 0.0713. The summed E-state index contributed by atoms with van der Waals surface area (Å²) < 4.78 is 26.9. The maximum Gasteiger partial charge on any atom is 0.123 e. The first kappa shape index (κ1) is 16.8. The fourth-order valence-corrected chi connectivity index (χ4v) is 3.87. The molecule has 0 aliphatic carbocycles. The predicted octanol–water partition coefficient (Wildman–Crippen LogP) is 5.82. The Balaban J connectivity index is 1.84. The molecule has 4 rings (SSSR count). The van der Waals surface area contributed by atoms with E-state index in [2.05, 4.69) is 30.0 Å². The molecule has 1 nitrogen and oxygen atoms in total. The van der Waals surface area contributed by atoms with Crippen LogP contribution in [0, 0.1) is 18.6 Å². The Labute approximate surface area is 152 Å². The smallest absolute Gasteiger partial charge is 0.123 e. The van der Waals surface area contributed by atoms with E-state index in [1.807, 2.05) is 24.3 Å². The Morgan fingerprint density at radius 3 is 1.96 bits per heavy atom. The monoisotopic (exact) mass is 349 g/mol. The summed E-state index contributed by atoms with van der Waals surface area (Å²) in [6.45, 7) is 3.02. The average Bonchev–Trinajstić information content (AvgIpc) is 2.65. The van der Waals surface area contributed by atoms with E-state index in [-0.39, 0.29) is 17.7 Å². The lowest BCUT2D eigenvalue weighted by molar-refractivity contribution is 0.614. The maximum atomic E-state index is 13.5. The van der Waals surface area contributed by atoms with E-state index in [4.69, 9.17) is 0 Å². The molecule has 0 unspecified atom stereocenters. The Kier molecular flexibility index (Phi) is 4.46. The summed E-state index contributed by atoms with van der Waals surface area (Å²) in [6, 6.07) is 19.7. The molecule has 0 radical (unpaired) electrons. The molecule has 0 amide bonds. The summed E-state index contributed by atoms with van der Waals surface area (Å²) in [5.74, 6) is -0.498. The zero-order valence-corrected chi connectivity index (χ0v) is 14.8. The van der Waals surface area contributed by atoms with Gasteiger partial charge in [-0.05, 0) is 66.8 Å². The minimum Gasteiger partial charge on any atom is -0.360 e. The van der Waals surface area contributed by atoms with Gasteiger partial charge in [-0.3, -0.25) is 0 Å². The average molecular weight is 349 g/mol. The van der Waals surface area contributed by atoms with Gasteiger partial charge < -0.3 is 4.90 Å². The standard InChI is InChI=1S/C23H21F2N/c1-16-4-13-22-19(15-16)3-2-14-26(22)23(17-5-9-20(24)10-6-17)18-7-11-21(25)12-8-18/h4-13,15,23H,2-3,14H2,1H3. The zero-order chi connectivity index (χ0) is 18.1. The summed E-state index contributed by atoms with van der Waals surface area (Å²) >= 11 is 0. The highest BCUT2D eigenvalue weighted by Crippen LogP contribution is 2.38. The van der Waals surface area contributed by atoms with Crippen molar-refractivity contribution in [2.75, 3.05) is 11.4 Å². The Morgan fingerprint density at radius 1 is 0.808 bits per heavy atom. The van der Waals surface area contributed by atoms with Gasteiger partial charge in [0.05, 0.1) is 6.04 Å². The van der Waals surface area contributed by atoms with Gasteiger partial charge in [0.1, 0.15) is 11.6 Å². The number of hydrogen-bond donors (Lipinski definition) is 0. The molecule has 3 aromatic rings. The molecule has 0 atom stereocenters. The van der Waals surface area contributed by atoms with Crippen molar-refractivity contribution in [3.63, 3.8) is 0 Å². The van der Waals surface area contributed by atoms with Gasteiger partial charge in [0.25, 0.3) is 0 Å². The lowest BCUT2D eigenvalue weighted by Gasteiger charge is -2.39. The van der Waals surface area contributed by atoms with Crippen LogP contribution in [0.2, 0.25) is 0 Å². The molecule has 0 aromatic heterocycles. The molecule has 0 spiro atoms. The van der Waals surface area contributed by atoms with E-state index >= 15 is 0 Å². The molecule has 3 aromatic carbocycles. The molecule has 1 aliphatic rings. The van der Waals surface area contributed by atoms with Crippen LogP contribution in [0.15, 0.2) is 66.7 Å². The summed E-state index contributed by atoms with van der Waals surface area (Å²) in [5, 5.41) is 0. The van der Waals surface area contributed by atoms with Gasteiger partial charge >= 0.3 is 0 Å². The molecule has 0 N–H and O–H groups in total. The second-order valence-corrected chi connectivity index (χ2v) is 6.93. The van der Waals surface area contributed by atoms with Gasteiger partial charge in [-0.1, -0.05) is 42.0 Å². The van der Waals surface area contributed by atoms with Crippen LogP contribution in [-0.2, 0) is 6.42 Å². The Bertz CT molecular complexity index is 855. The van der Waals surface area contributed by atoms with Crippen LogP contribution < -0.4 is 4.90 Å². The van der Waals surface area contributed by atoms with Crippen molar-refractivity contribution in [2.45, 2.75) is 25.8 Å². The van der Waals surface area contributed by atoms with E-state index in [1.54, 1.807) is 0 Å². The molecular formula is C23H21F2N. The van der Waals surface area contributed by atoms with Crippen LogP contribution in [0.3, 0.4) is 0 Å². The predicted molar refractivity (Wildman–Crippen MR) is 101 cm³/mol. The van der Waals surface area contributed by atoms with Crippen molar-refractivity contribution in [2.24, 2.45) is 0 Å². The first-order chi connectivity index (χ1) is 12.6. The number of halogens is 2. The summed E-state index contributed by atoms with van der Waals surface area (Å²) in [7, 11) is 0. The van der Waals surface area contributed by atoms with Crippen molar-refractivity contribution in [3.05, 3.63) is 101 Å². The molecule has 26 heavy (non-hydrogen) atoms. The molecular weight excluding hydrogens is 328 g/mol. The molecule has 3 heteroatoms. The third-order valence-electron chi connectivity index (χ3n) is 5.07. The fraction of sp³-hybridized carbons (Fsp3) is 0.217.